The number of aromatic nitrogens is 2. The lowest BCUT2D eigenvalue weighted by atomic mass is 10.2. The van der Waals surface area contributed by atoms with Crippen molar-refractivity contribution < 1.29 is 9.90 Å². The van der Waals surface area contributed by atoms with Crippen LogP contribution in [0.15, 0.2) is 21.9 Å². The predicted molar refractivity (Wildman–Crippen MR) is 65.2 cm³/mol. The minimum atomic E-state index is -0.633. The molecule has 0 aliphatic heterocycles. The van der Waals surface area contributed by atoms with Gasteiger partial charge in [0.1, 0.15) is 6.54 Å². The van der Waals surface area contributed by atoms with E-state index in [-0.39, 0.29) is 19.0 Å². The molecule has 0 bridgehead atoms. The van der Waals surface area contributed by atoms with Gasteiger partial charge >= 0.3 is 5.69 Å². The third kappa shape index (κ3) is 4.54. The zero-order valence-electron chi connectivity index (χ0n) is 10.2. The van der Waals surface area contributed by atoms with Gasteiger partial charge in [-0.25, -0.2) is 4.79 Å². The number of carbonyl (C=O) groups is 1. The van der Waals surface area contributed by atoms with E-state index in [0.29, 0.717) is 6.42 Å². The average Bonchev–Trinajstić information content (AvgIpc) is 2.31. The van der Waals surface area contributed by atoms with Gasteiger partial charge in [0.2, 0.25) is 5.91 Å². The van der Waals surface area contributed by atoms with Crippen molar-refractivity contribution in [2.24, 2.45) is 0 Å². The number of amides is 1. The van der Waals surface area contributed by atoms with E-state index in [0.717, 1.165) is 11.0 Å². The van der Waals surface area contributed by atoms with Crippen molar-refractivity contribution >= 4 is 5.91 Å². The number of H-pyrrole nitrogens is 1. The SMILES string of the molecule is CCCC(O)CNC(=O)Cn1ccc(=O)[nH]c1=O. The van der Waals surface area contributed by atoms with Crippen molar-refractivity contribution in [2.45, 2.75) is 32.4 Å². The molecule has 0 aliphatic rings. The summed E-state index contributed by atoms with van der Waals surface area (Å²) in [5.74, 6) is -0.390. The van der Waals surface area contributed by atoms with E-state index in [1.807, 2.05) is 6.92 Å². The summed E-state index contributed by atoms with van der Waals surface area (Å²) >= 11 is 0. The van der Waals surface area contributed by atoms with Crippen LogP contribution in [0.4, 0.5) is 0 Å². The second kappa shape index (κ2) is 6.75. The molecule has 0 aliphatic carbocycles. The van der Waals surface area contributed by atoms with Crippen LogP contribution in [-0.2, 0) is 11.3 Å². The first-order valence-electron chi connectivity index (χ1n) is 5.77. The largest absolute Gasteiger partial charge is 0.391 e. The van der Waals surface area contributed by atoms with Gasteiger partial charge in [-0.3, -0.25) is 19.1 Å². The van der Waals surface area contributed by atoms with Crippen LogP contribution in [0.5, 0.6) is 0 Å². The van der Waals surface area contributed by atoms with Crippen LogP contribution >= 0.6 is 0 Å². The Balaban J connectivity index is 2.50. The van der Waals surface area contributed by atoms with E-state index in [1.54, 1.807) is 0 Å². The van der Waals surface area contributed by atoms with E-state index < -0.39 is 17.4 Å². The molecule has 18 heavy (non-hydrogen) atoms. The molecule has 1 aromatic heterocycles. The molecule has 1 aromatic rings. The van der Waals surface area contributed by atoms with E-state index in [9.17, 15) is 19.5 Å². The van der Waals surface area contributed by atoms with Gasteiger partial charge in [-0.2, -0.15) is 0 Å². The van der Waals surface area contributed by atoms with E-state index in [1.165, 1.54) is 12.3 Å². The van der Waals surface area contributed by atoms with Crippen LogP contribution in [0.3, 0.4) is 0 Å². The van der Waals surface area contributed by atoms with Crippen molar-refractivity contribution in [1.82, 2.24) is 14.9 Å². The predicted octanol–water partition coefficient (Wildman–Crippen LogP) is -1.19. The van der Waals surface area contributed by atoms with Crippen molar-refractivity contribution in [3.63, 3.8) is 0 Å². The number of nitrogens with zero attached hydrogens (tertiary/aromatic N) is 1. The van der Waals surface area contributed by atoms with Crippen LogP contribution in [0, 0.1) is 0 Å². The summed E-state index contributed by atoms with van der Waals surface area (Å²) < 4.78 is 1.09. The third-order valence-corrected chi connectivity index (χ3v) is 2.37. The highest BCUT2D eigenvalue weighted by Crippen LogP contribution is 1.93. The van der Waals surface area contributed by atoms with Crippen LogP contribution in [-0.4, -0.2) is 33.2 Å². The molecule has 1 amide bonds. The minimum absolute atomic E-state index is 0.158. The van der Waals surface area contributed by atoms with Crippen molar-refractivity contribution in [2.75, 3.05) is 6.54 Å². The molecule has 1 atom stereocenters. The maximum absolute atomic E-state index is 11.5. The lowest BCUT2D eigenvalue weighted by Gasteiger charge is -2.11. The van der Waals surface area contributed by atoms with Crippen LogP contribution in [0.1, 0.15) is 19.8 Å². The lowest BCUT2D eigenvalue weighted by Crippen LogP contribution is -2.38. The highest BCUT2D eigenvalue weighted by atomic mass is 16.3. The van der Waals surface area contributed by atoms with E-state index >= 15 is 0 Å². The molecular weight excluding hydrogens is 238 g/mol. The number of hydrogen-bond acceptors (Lipinski definition) is 4. The third-order valence-electron chi connectivity index (χ3n) is 2.37. The summed E-state index contributed by atoms with van der Waals surface area (Å²) in [6.45, 7) is 1.91. The molecule has 3 N–H and O–H groups in total. The van der Waals surface area contributed by atoms with Crippen LogP contribution in [0.25, 0.3) is 0 Å². The normalized spacial score (nSPS) is 12.1. The first-order chi connectivity index (χ1) is 8.52. The smallest absolute Gasteiger partial charge is 0.328 e. The zero-order valence-corrected chi connectivity index (χ0v) is 10.2. The van der Waals surface area contributed by atoms with E-state index in [2.05, 4.69) is 10.3 Å². The fourth-order valence-electron chi connectivity index (χ4n) is 1.45. The summed E-state index contributed by atoms with van der Waals surface area (Å²) in [5, 5.41) is 11.9. The molecule has 0 aromatic carbocycles. The minimum Gasteiger partial charge on any atom is -0.391 e. The van der Waals surface area contributed by atoms with Gasteiger partial charge in [0.25, 0.3) is 5.56 Å². The molecule has 0 spiro atoms. The molecule has 0 saturated carbocycles. The Labute approximate surface area is 103 Å². The maximum atomic E-state index is 11.5. The van der Waals surface area contributed by atoms with Gasteiger partial charge in [0, 0.05) is 18.8 Å². The Kier molecular flexibility index (Phi) is 5.31. The Hall–Kier alpha value is -1.89. The molecule has 0 fully saturated rings. The Morgan fingerprint density at radius 3 is 2.89 bits per heavy atom. The molecule has 1 rings (SSSR count). The van der Waals surface area contributed by atoms with E-state index in [4.69, 9.17) is 0 Å². The fourth-order valence-corrected chi connectivity index (χ4v) is 1.45. The quantitative estimate of drug-likeness (QED) is 0.594. The summed E-state index contributed by atoms with van der Waals surface area (Å²) in [6.07, 6.45) is 2.12. The number of hydrogen-bond donors (Lipinski definition) is 3. The molecule has 0 saturated heterocycles. The number of aromatic amines is 1. The average molecular weight is 255 g/mol. The first-order valence-corrected chi connectivity index (χ1v) is 5.77. The maximum Gasteiger partial charge on any atom is 0.328 e. The topological polar surface area (TPSA) is 104 Å². The number of aliphatic hydroxyl groups is 1. The fraction of sp³-hybridized carbons (Fsp3) is 0.545. The molecule has 0 radical (unpaired) electrons. The first kappa shape index (κ1) is 14.2. The van der Waals surface area contributed by atoms with Gasteiger partial charge in [0.05, 0.1) is 6.10 Å². The summed E-state index contributed by atoms with van der Waals surface area (Å²) in [4.78, 5) is 35.6. The summed E-state index contributed by atoms with van der Waals surface area (Å²) in [6, 6.07) is 1.17. The summed E-state index contributed by atoms with van der Waals surface area (Å²) in [5.41, 5.74) is -1.14. The van der Waals surface area contributed by atoms with Gasteiger partial charge in [-0.15, -0.1) is 0 Å². The molecule has 1 unspecified atom stereocenters. The summed E-state index contributed by atoms with van der Waals surface area (Å²) in [7, 11) is 0. The van der Waals surface area contributed by atoms with Crippen LogP contribution in [0.2, 0.25) is 0 Å². The monoisotopic (exact) mass is 255 g/mol. The van der Waals surface area contributed by atoms with Crippen LogP contribution < -0.4 is 16.6 Å². The Morgan fingerprint density at radius 1 is 1.56 bits per heavy atom. The number of aliphatic hydroxyl groups excluding tert-OH is 1. The van der Waals surface area contributed by atoms with Gasteiger partial charge in [-0.1, -0.05) is 13.3 Å². The molecule has 1 heterocycles. The number of rotatable bonds is 6. The number of carbonyl (C=O) groups excluding carboxylic acids is 1. The van der Waals surface area contributed by atoms with Crippen molar-refractivity contribution in [3.05, 3.63) is 33.1 Å². The molecular formula is C11H17N3O4. The Morgan fingerprint density at radius 2 is 2.28 bits per heavy atom. The molecule has 100 valence electrons. The Bertz CT molecular complexity index is 506. The molecule has 7 nitrogen and oxygen atoms in total. The zero-order chi connectivity index (χ0) is 13.5. The molecule has 7 heteroatoms. The highest BCUT2D eigenvalue weighted by molar-refractivity contribution is 5.75. The highest BCUT2D eigenvalue weighted by Gasteiger charge is 2.07. The van der Waals surface area contributed by atoms with Crippen molar-refractivity contribution in [1.29, 1.82) is 0 Å². The standard InChI is InChI=1S/C11H17N3O4/c1-2-3-8(15)6-12-10(17)7-14-5-4-9(16)13-11(14)18/h4-5,8,15H,2-3,6-7H2,1H3,(H,12,17)(H,13,16,18). The number of nitrogens with one attached hydrogen (secondary N) is 2. The second-order valence-corrected chi connectivity index (χ2v) is 3.98. The van der Waals surface area contributed by atoms with Gasteiger partial charge in [0.15, 0.2) is 0 Å². The lowest BCUT2D eigenvalue weighted by molar-refractivity contribution is -0.122. The van der Waals surface area contributed by atoms with Gasteiger partial charge in [-0.05, 0) is 6.42 Å². The second-order valence-electron chi connectivity index (χ2n) is 3.98. The van der Waals surface area contributed by atoms with Crippen molar-refractivity contribution in [3.8, 4) is 0 Å². The van der Waals surface area contributed by atoms with Gasteiger partial charge < -0.3 is 10.4 Å².